The summed E-state index contributed by atoms with van der Waals surface area (Å²) in [4.78, 5) is 24.7. The summed E-state index contributed by atoms with van der Waals surface area (Å²) in [6, 6.07) is 11.7. The Bertz CT molecular complexity index is 1070. The summed E-state index contributed by atoms with van der Waals surface area (Å²) in [6.07, 6.45) is -0.164. The number of carbonyl (C=O) groups excluding carboxylic acids is 1. The van der Waals surface area contributed by atoms with E-state index in [1.54, 1.807) is 42.5 Å². The lowest BCUT2D eigenvalue weighted by Gasteiger charge is -2.19. The van der Waals surface area contributed by atoms with Crippen molar-refractivity contribution in [3.63, 3.8) is 0 Å². The van der Waals surface area contributed by atoms with Crippen molar-refractivity contribution in [1.29, 1.82) is 0 Å². The van der Waals surface area contributed by atoms with Crippen LogP contribution in [0.3, 0.4) is 0 Å². The third-order valence-corrected chi connectivity index (χ3v) is 4.58. The first-order valence-electron chi connectivity index (χ1n) is 8.53. The molecule has 0 fully saturated rings. The number of para-hydroxylation sites is 1. The van der Waals surface area contributed by atoms with E-state index in [0.29, 0.717) is 22.4 Å². The molecule has 146 valence electrons. The lowest BCUT2D eigenvalue weighted by atomic mass is 9.88. The van der Waals surface area contributed by atoms with Gasteiger partial charge >= 0.3 is 11.6 Å². The molecule has 0 bridgehead atoms. The largest absolute Gasteiger partial charge is 0.507 e. The highest BCUT2D eigenvalue weighted by atomic mass is 16.5. The molecular formula is C21H20O7. The van der Waals surface area contributed by atoms with Gasteiger partial charge in [-0.2, -0.15) is 0 Å². The molecule has 1 heterocycles. The number of benzene rings is 2. The molecule has 2 aromatic carbocycles. The monoisotopic (exact) mass is 384 g/mol. The van der Waals surface area contributed by atoms with E-state index in [1.807, 2.05) is 0 Å². The summed E-state index contributed by atoms with van der Waals surface area (Å²) < 4.78 is 20.7. The molecule has 0 amide bonds. The van der Waals surface area contributed by atoms with Crippen LogP contribution in [0.1, 0.15) is 23.5 Å². The van der Waals surface area contributed by atoms with Crippen LogP contribution in [0.4, 0.5) is 0 Å². The van der Waals surface area contributed by atoms with Gasteiger partial charge in [0, 0.05) is 5.92 Å². The molecule has 0 aliphatic heterocycles. The fourth-order valence-electron chi connectivity index (χ4n) is 3.16. The van der Waals surface area contributed by atoms with Crippen LogP contribution < -0.4 is 15.1 Å². The summed E-state index contributed by atoms with van der Waals surface area (Å²) in [5.41, 5.74) is 0.0926. The molecule has 0 spiro atoms. The van der Waals surface area contributed by atoms with E-state index in [2.05, 4.69) is 0 Å². The lowest BCUT2D eigenvalue weighted by Crippen LogP contribution is -2.18. The van der Waals surface area contributed by atoms with E-state index in [4.69, 9.17) is 18.6 Å². The molecule has 1 aromatic heterocycles. The SMILES string of the molecule is COC(=O)C[C@H](c1ccc(OC)c(OC)c1)c1c(O)c2ccccc2oc1=O. The summed E-state index contributed by atoms with van der Waals surface area (Å²) in [6.45, 7) is 0. The minimum atomic E-state index is -0.798. The molecular weight excluding hydrogens is 364 g/mol. The van der Waals surface area contributed by atoms with E-state index in [0.717, 1.165) is 0 Å². The maximum Gasteiger partial charge on any atom is 0.343 e. The number of aromatic hydroxyl groups is 1. The Labute approximate surface area is 161 Å². The Morgan fingerprint density at radius 1 is 1.07 bits per heavy atom. The molecule has 7 heteroatoms. The molecule has 0 saturated carbocycles. The molecule has 0 saturated heterocycles. The third-order valence-electron chi connectivity index (χ3n) is 4.58. The zero-order chi connectivity index (χ0) is 20.3. The number of rotatable bonds is 6. The molecule has 7 nitrogen and oxygen atoms in total. The van der Waals surface area contributed by atoms with Crippen molar-refractivity contribution in [3.05, 3.63) is 64.0 Å². The van der Waals surface area contributed by atoms with Crippen LogP contribution in [-0.2, 0) is 9.53 Å². The van der Waals surface area contributed by atoms with Crippen LogP contribution >= 0.6 is 0 Å². The predicted octanol–water partition coefficient (Wildman–Crippen LogP) is 3.21. The summed E-state index contributed by atoms with van der Waals surface area (Å²) >= 11 is 0. The van der Waals surface area contributed by atoms with Crippen LogP contribution in [0.25, 0.3) is 11.0 Å². The van der Waals surface area contributed by atoms with Crippen molar-refractivity contribution in [2.45, 2.75) is 12.3 Å². The minimum absolute atomic E-state index is 0.0173. The molecule has 0 aliphatic rings. The standard InChI is InChI=1S/C21H20O7/c1-25-16-9-8-12(10-17(16)26-2)14(11-18(22)27-3)19-20(23)13-6-4-5-7-15(13)28-21(19)24/h4-10,14,23H,11H2,1-3H3/t14-/m1/s1. The Kier molecular flexibility index (Phi) is 5.54. The van der Waals surface area contributed by atoms with Gasteiger partial charge in [-0.05, 0) is 29.8 Å². The van der Waals surface area contributed by atoms with Gasteiger partial charge in [0.05, 0.1) is 38.7 Å². The number of fused-ring (bicyclic) bond motifs is 1. The maximum atomic E-state index is 12.7. The number of ether oxygens (including phenoxy) is 3. The average molecular weight is 384 g/mol. The Morgan fingerprint density at radius 3 is 2.46 bits per heavy atom. The summed E-state index contributed by atoms with van der Waals surface area (Å²) in [5.74, 6) is -0.632. The first kappa shape index (κ1) is 19.3. The smallest absolute Gasteiger partial charge is 0.343 e. The molecule has 28 heavy (non-hydrogen) atoms. The number of methoxy groups -OCH3 is 3. The van der Waals surface area contributed by atoms with Crippen molar-refractivity contribution in [3.8, 4) is 17.2 Å². The molecule has 0 unspecified atom stereocenters. The van der Waals surface area contributed by atoms with Gasteiger partial charge in [-0.25, -0.2) is 4.79 Å². The van der Waals surface area contributed by atoms with Gasteiger partial charge in [0.2, 0.25) is 0 Å². The van der Waals surface area contributed by atoms with Crippen LogP contribution in [0.15, 0.2) is 51.7 Å². The highest BCUT2D eigenvalue weighted by molar-refractivity contribution is 5.84. The zero-order valence-electron chi connectivity index (χ0n) is 15.7. The summed E-state index contributed by atoms with van der Waals surface area (Å²) in [7, 11) is 4.25. The van der Waals surface area contributed by atoms with Crippen molar-refractivity contribution >= 4 is 16.9 Å². The van der Waals surface area contributed by atoms with E-state index in [1.165, 1.54) is 21.3 Å². The van der Waals surface area contributed by atoms with Gasteiger partial charge in [-0.15, -0.1) is 0 Å². The van der Waals surface area contributed by atoms with Crippen LogP contribution in [0.5, 0.6) is 17.2 Å². The van der Waals surface area contributed by atoms with Crippen LogP contribution in [-0.4, -0.2) is 32.4 Å². The van der Waals surface area contributed by atoms with Crippen molar-refractivity contribution in [1.82, 2.24) is 0 Å². The molecule has 0 radical (unpaired) electrons. The topological polar surface area (TPSA) is 95.2 Å². The highest BCUT2D eigenvalue weighted by Crippen LogP contribution is 2.39. The number of carbonyl (C=O) groups is 1. The Balaban J connectivity index is 2.23. The first-order valence-corrected chi connectivity index (χ1v) is 8.53. The molecule has 1 atom stereocenters. The second-order valence-electron chi connectivity index (χ2n) is 6.10. The van der Waals surface area contributed by atoms with Crippen LogP contribution in [0.2, 0.25) is 0 Å². The van der Waals surface area contributed by atoms with Gasteiger partial charge in [-0.1, -0.05) is 18.2 Å². The second kappa shape index (κ2) is 8.04. The Hall–Kier alpha value is -3.48. The minimum Gasteiger partial charge on any atom is -0.507 e. The Morgan fingerprint density at radius 2 is 1.79 bits per heavy atom. The van der Waals surface area contributed by atoms with E-state index >= 15 is 0 Å². The maximum absolute atomic E-state index is 12.7. The average Bonchev–Trinajstić information content (AvgIpc) is 2.72. The van der Waals surface area contributed by atoms with Crippen LogP contribution in [0, 0.1) is 0 Å². The summed E-state index contributed by atoms with van der Waals surface area (Å²) in [5, 5.41) is 11.2. The van der Waals surface area contributed by atoms with Gasteiger partial charge < -0.3 is 23.7 Å². The van der Waals surface area contributed by atoms with E-state index in [-0.39, 0.29) is 23.3 Å². The second-order valence-corrected chi connectivity index (χ2v) is 6.10. The fraction of sp³-hybridized carbons (Fsp3) is 0.238. The number of esters is 1. The molecule has 3 rings (SSSR count). The van der Waals surface area contributed by atoms with Crippen molar-refractivity contribution in [2.24, 2.45) is 0 Å². The quantitative estimate of drug-likeness (QED) is 0.515. The fourth-order valence-corrected chi connectivity index (χ4v) is 3.16. The molecule has 1 N–H and O–H groups in total. The highest BCUT2D eigenvalue weighted by Gasteiger charge is 2.28. The predicted molar refractivity (Wildman–Crippen MR) is 102 cm³/mol. The van der Waals surface area contributed by atoms with E-state index in [9.17, 15) is 14.7 Å². The zero-order valence-corrected chi connectivity index (χ0v) is 15.7. The third kappa shape index (κ3) is 3.51. The van der Waals surface area contributed by atoms with Gasteiger partial charge in [0.1, 0.15) is 11.3 Å². The van der Waals surface area contributed by atoms with Crippen molar-refractivity contribution in [2.75, 3.05) is 21.3 Å². The van der Waals surface area contributed by atoms with Gasteiger partial charge in [-0.3, -0.25) is 4.79 Å². The number of hydrogen-bond acceptors (Lipinski definition) is 7. The lowest BCUT2D eigenvalue weighted by molar-refractivity contribution is -0.140. The van der Waals surface area contributed by atoms with Gasteiger partial charge in [0.25, 0.3) is 0 Å². The first-order chi connectivity index (χ1) is 13.5. The van der Waals surface area contributed by atoms with E-state index < -0.39 is 17.5 Å². The molecule has 0 aliphatic carbocycles. The van der Waals surface area contributed by atoms with Crippen molar-refractivity contribution < 1.29 is 28.5 Å². The number of hydrogen-bond donors (Lipinski definition) is 1. The molecule has 3 aromatic rings. The van der Waals surface area contributed by atoms with Gasteiger partial charge in [0.15, 0.2) is 11.5 Å². The normalized spacial score (nSPS) is 11.8.